The molecule has 0 fully saturated rings. The average Bonchev–Trinajstić information content (AvgIpc) is 2.61. The van der Waals surface area contributed by atoms with Gasteiger partial charge in [0, 0.05) is 27.5 Å². The minimum atomic E-state index is -0.294. The molecule has 2 aromatic carbocycles. The molecule has 0 unspecified atom stereocenters. The van der Waals surface area contributed by atoms with Crippen LogP contribution in [0.2, 0.25) is 0 Å². The van der Waals surface area contributed by atoms with E-state index in [2.05, 4.69) is 31.2 Å². The van der Waals surface area contributed by atoms with E-state index < -0.39 is 0 Å². The van der Waals surface area contributed by atoms with Crippen molar-refractivity contribution in [3.63, 3.8) is 0 Å². The minimum absolute atomic E-state index is 0.221. The molecule has 0 aliphatic rings. The van der Waals surface area contributed by atoms with Crippen LogP contribution in [0.3, 0.4) is 0 Å². The summed E-state index contributed by atoms with van der Waals surface area (Å²) < 4.78 is 6.09. The zero-order chi connectivity index (χ0) is 18.7. The van der Waals surface area contributed by atoms with Crippen LogP contribution in [0.1, 0.15) is 16.1 Å². The van der Waals surface area contributed by atoms with Gasteiger partial charge in [0.2, 0.25) is 0 Å². The van der Waals surface area contributed by atoms with E-state index in [9.17, 15) is 9.59 Å². The Morgan fingerprint density at radius 1 is 1.19 bits per heavy atom. The number of anilines is 1. The molecule has 3 rings (SSSR count). The Bertz CT molecular complexity index is 1030. The number of hydrogen-bond acceptors (Lipinski definition) is 4. The molecule has 0 aliphatic carbocycles. The number of benzene rings is 2. The molecule has 6 nitrogen and oxygen atoms in total. The monoisotopic (exact) mass is 413 g/mol. The highest BCUT2D eigenvalue weighted by Gasteiger charge is 2.13. The maximum Gasteiger partial charge on any atom is 0.259 e. The lowest BCUT2D eigenvalue weighted by Gasteiger charge is -2.11. The van der Waals surface area contributed by atoms with E-state index in [-0.39, 0.29) is 11.5 Å². The third-order valence-corrected chi connectivity index (χ3v) is 4.17. The second kappa shape index (κ2) is 7.53. The lowest BCUT2D eigenvalue weighted by atomic mass is 10.1. The van der Waals surface area contributed by atoms with Gasteiger partial charge in [0.15, 0.2) is 0 Å². The summed E-state index contributed by atoms with van der Waals surface area (Å²) >= 11 is 3.35. The van der Waals surface area contributed by atoms with Gasteiger partial charge >= 0.3 is 0 Å². The number of halogens is 1. The number of rotatable bonds is 4. The van der Waals surface area contributed by atoms with Crippen LogP contribution in [0.25, 0.3) is 11.4 Å². The Hall–Kier alpha value is -2.93. The number of H-pyrrole nitrogens is 1. The number of nitrogens with one attached hydrogen (secondary N) is 2. The van der Waals surface area contributed by atoms with Gasteiger partial charge in [0.05, 0.1) is 12.7 Å². The predicted molar refractivity (Wildman–Crippen MR) is 104 cm³/mol. The quantitative estimate of drug-likeness (QED) is 0.681. The second-order valence-corrected chi connectivity index (χ2v) is 6.53. The third kappa shape index (κ3) is 4.00. The highest BCUT2D eigenvalue weighted by molar-refractivity contribution is 9.10. The normalized spacial score (nSPS) is 10.4. The lowest BCUT2D eigenvalue weighted by molar-refractivity contribution is 0.102. The molecule has 0 bridgehead atoms. The summed E-state index contributed by atoms with van der Waals surface area (Å²) in [4.78, 5) is 31.3. The molecule has 1 aromatic heterocycles. The summed E-state index contributed by atoms with van der Waals surface area (Å²) in [5.41, 5.74) is 2.11. The van der Waals surface area contributed by atoms with E-state index in [0.29, 0.717) is 34.1 Å². The lowest BCUT2D eigenvalue weighted by Crippen LogP contribution is -2.13. The van der Waals surface area contributed by atoms with Crippen LogP contribution >= 0.6 is 15.9 Å². The fourth-order valence-corrected chi connectivity index (χ4v) is 2.85. The van der Waals surface area contributed by atoms with Gasteiger partial charge in [-0.05, 0) is 37.3 Å². The van der Waals surface area contributed by atoms with Gasteiger partial charge in [-0.2, -0.15) is 0 Å². The highest BCUT2D eigenvalue weighted by Crippen LogP contribution is 2.25. The van der Waals surface area contributed by atoms with Crippen LogP contribution < -0.4 is 15.6 Å². The number of aryl methyl sites for hydroxylation is 1. The van der Waals surface area contributed by atoms with Gasteiger partial charge in [-0.15, -0.1) is 0 Å². The van der Waals surface area contributed by atoms with Gasteiger partial charge in [-0.25, -0.2) is 4.98 Å². The van der Waals surface area contributed by atoms with Crippen molar-refractivity contribution in [2.45, 2.75) is 6.92 Å². The number of carbonyl (C=O) groups is 1. The minimum Gasteiger partial charge on any atom is -0.496 e. The fraction of sp³-hybridized carbons (Fsp3) is 0.105. The summed E-state index contributed by atoms with van der Waals surface area (Å²) in [6.45, 7) is 1.75. The molecule has 3 aromatic rings. The second-order valence-electron chi connectivity index (χ2n) is 5.61. The average molecular weight is 414 g/mol. The highest BCUT2D eigenvalue weighted by atomic mass is 79.9. The Kier molecular flexibility index (Phi) is 5.18. The van der Waals surface area contributed by atoms with Crippen molar-refractivity contribution >= 4 is 27.5 Å². The predicted octanol–water partition coefficient (Wildman–Crippen LogP) is 3.77. The van der Waals surface area contributed by atoms with Crippen LogP contribution in [0.5, 0.6) is 5.75 Å². The number of carbonyl (C=O) groups excluding carboxylic acids is 1. The van der Waals surface area contributed by atoms with Crippen LogP contribution in [0, 0.1) is 6.92 Å². The molecule has 0 saturated carbocycles. The number of ether oxygens (including phenoxy) is 1. The Balaban J connectivity index is 1.89. The first-order valence-electron chi connectivity index (χ1n) is 7.79. The first-order chi connectivity index (χ1) is 12.5. The molecule has 0 saturated heterocycles. The number of aromatic amines is 1. The Morgan fingerprint density at radius 2 is 2.00 bits per heavy atom. The topological polar surface area (TPSA) is 84.1 Å². The summed E-state index contributed by atoms with van der Waals surface area (Å²) in [5, 5.41) is 2.84. The van der Waals surface area contributed by atoms with Crippen molar-refractivity contribution < 1.29 is 9.53 Å². The molecular formula is C19H16BrN3O3. The van der Waals surface area contributed by atoms with Gasteiger partial charge in [-0.3, -0.25) is 9.59 Å². The van der Waals surface area contributed by atoms with Gasteiger partial charge in [0.25, 0.3) is 11.5 Å². The van der Waals surface area contributed by atoms with Crippen molar-refractivity contribution in [1.29, 1.82) is 0 Å². The number of hydrogen-bond donors (Lipinski definition) is 2. The van der Waals surface area contributed by atoms with E-state index in [1.54, 1.807) is 43.3 Å². The van der Waals surface area contributed by atoms with Crippen molar-refractivity contribution in [2.24, 2.45) is 0 Å². The van der Waals surface area contributed by atoms with Crippen LogP contribution in [-0.4, -0.2) is 23.0 Å². The first kappa shape index (κ1) is 17.9. The SMILES string of the molecule is COc1cc(Br)ccc1C(=O)Nc1cccc(-c2nc(C)cc(=O)[nH]2)c1. The third-order valence-electron chi connectivity index (χ3n) is 3.67. The van der Waals surface area contributed by atoms with Crippen LogP contribution in [0.4, 0.5) is 5.69 Å². The Labute approximate surface area is 158 Å². The standard InChI is InChI=1S/C19H16BrN3O3/c1-11-8-17(24)23-18(21-11)12-4-3-5-14(9-12)22-19(25)15-7-6-13(20)10-16(15)26-2/h3-10H,1-2H3,(H,22,25)(H,21,23,24). The molecule has 132 valence electrons. The van der Waals surface area contributed by atoms with Crippen LogP contribution in [-0.2, 0) is 0 Å². The molecule has 0 atom stereocenters. The van der Waals surface area contributed by atoms with Crippen molar-refractivity contribution in [3.8, 4) is 17.1 Å². The van der Waals surface area contributed by atoms with Gasteiger partial charge in [0.1, 0.15) is 11.6 Å². The number of nitrogens with zero attached hydrogens (tertiary/aromatic N) is 1. The zero-order valence-corrected chi connectivity index (χ0v) is 15.8. The summed E-state index contributed by atoms with van der Waals surface area (Å²) in [5.74, 6) is 0.627. The number of amides is 1. The van der Waals surface area contributed by atoms with E-state index in [1.165, 1.54) is 13.2 Å². The molecule has 0 radical (unpaired) electrons. The maximum absolute atomic E-state index is 12.6. The van der Waals surface area contributed by atoms with Crippen molar-refractivity contribution in [1.82, 2.24) is 9.97 Å². The maximum atomic E-state index is 12.6. The molecule has 0 aliphatic heterocycles. The van der Waals surface area contributed by atoms with Gasteiger partial charge < -0.3 is 15.0 Å². The summed E-state index contributed by atoms with van der Waals surface area (Å²) in [7, 11) is 1.51. The zero-order valence-electron chi connectivity index (χ0n) is 14.2. The molecule has 26 heavy (non-hydrogen) atoms. The Morgan fingerprint density at radius 3 is 2.73 bits per heavy atom. The molecule has 0 spiro atoms. The van der Waals surface area contributed by atoms with Crippen LogP contribution in [0.15, 0.2) is 57.8 Å². The largest absolute Gasteiger partial charge is 0.496 e. The molecule has 1 amide bonds. The summed E-state index contributed by atoms with van der Waals surface area (Å²) in [6.07, 6.45) is 0. The number of aromatic nitrogens is 2. The smallest absolute Gasteiger partial charge is 0.259 e. The molecular weight excluding hydrogens is 398 g/mol. The molecule has 7 heteroatoms. The van der Waals surface area contributed by atoms with E-state index in [0.717, 1.165) is 4.47 Å². The van der Waals surface area contributed by atoms with Crippen molar-refractivity contribution in [2.75, 3.05) is 12.4 Å². The number of methoxy groups -OCH3 is 1. The molecule has 1 heterocycles. The van der Waals surface area contributed by atoms with E-state index in [1.807, 2.05) is 6.07 Å². The van der Waals surface area contributed by atoms with Crippen molar-refractivity contribution in [3.05, 3.63) is 74.6 Å². The van der Waals surface area contributed by atoms with Gasteiger partial charge in [-0.1, -0.05) is 28.1 Å². The van der Waals surface area contributed by atoms with E-state index in [4.69, 9.17) is 4.74 Å². The summed E-state index contributed by atoms with van der Waals surface area (Å²) in [6, 6.07) is 13.7. The molecule has 2 N–H and O–H groups in total. The van der Waals surface area contributed by atoms with E-state index >= 15 is 0 Å². The fourth-order valence-electron chi connectivity index (χ4n) is 2.51. The first-order valence-corrected chi connectivity index (χ1v) is 8.59.